The minimum atomic E-state index is 0.981. The SMILES string of the molecule is C1=Cc2ccccc2C2=C(C=CNN2)C1. The highest BCUT2D eigenvalue weighted by atomic mass is 15.4. The first-order chi connectivity index (χ1) is 7.45. The molecule has 3 rings (SSSR count). The molecule has 0 bridgehead atoms. The monoisotopic (exact) mass is 196 g/mol. The van der Waals surface area contributed by atoms with Crippen molar-refractivity contribution in [1.29, 1.82) is 0 Å². The van der Waals surface area contributed by atoms with E-state index in [0.717, 1.165) is 6.42 Å². The fraction of sp³-hybridized carbons (Fsp3) is 0.0769. The highest BCUT2D eigenvalue weighted by Gasteiger charge is 2.13. The summed E-state index contributed by atoms with van der Waals surface area (Å²) >= 11 is 0. The van der Waals surface area contributed by atoms with Gasteiger partial charge in [0.1, 0.15) is 0 Å². The first-order valence-corrected chi connectivity index (χ1v) is 5.12. The van der Waals surface area contributed by atoms with E-state index in [1.165, 1.54) is 22.4 Å². The third-order valence-corrected chi connectivity index (χ3v) is 2.75. The second kappa shape index (κ2) is 3.31. The quantitative estimate of drug-likeness (QED) is 0.666. The van der Waals surface area contributed by atoms with Gasteiger partial charge in [-0.3, -0.25) is 0 Å². The van der Waals surface area contributed by atoms with Gasteiger partial charge in [-0.2, -0.15) is 0 Å². The van der Waals surface area contributed by atoms with Crippen LogP contribution in [0.1, 0.15) is 17.5 Å². The second-order valence-electron chi connectivity index (χ2n) is 3.70. The van der Waals surface area contributed by atoms with Crippen molar-refractivity contribution in [2.24, 2.45) is 0 Å². The third-order valence-electron chi connectivity index (χ3n) is 2.75. The molecule has 0 spiro atoms. The zero-order valence-electron chi connectivity index (χ0n) is 8.33. The predicted octanol–water partition coefficient (Wildman–Crippen LogP) is 2.44. The Morgan fingerprint density at radius 1 is 1.07 bits per heavy atom. The molecule has 2 aliphatic rings. The molecule has 0 fully saturated rings. The molecule has 1 aliphatic carbocycles. The summed E-state index contributed by atoms with van der Waals surface area (Å²) in [5, 5.41) is 0. The third kappa shape index (κ3) is 1.34. The van der Waals surface area contributed by atoms with E-state index in [4.69, 9.17) is 0 Å². The van der Waals surface area contributed by atoms with E-state index in [1.54, 1.807) is 0 Å². The molecule has 74 valence electrons. The molecule has 2 nitrogen and oxygen atoms in total. The van der Waals surface area contributed by atoms with Gasteiger partial charge in [-0.25, -0.2) is 0 Å². The molecule has 2 N–H and O–H groups in total. The van der Waals surface area contributed by atoms with Crippen LogP contribution < -0.4 is 10.9 Å². The minimum Gasteiger partial charge on any atom is -0.308 e. The lowest BCUT2D eigenvalue weighted by atomic mass is 10.0. The van der Waals surface area contributed by atoms with Crippen molar-refractivity contribution < 1.29 is 0 Å². The maximum absolute atomic E-state index is 3.22. The van der Waals surface area contributed by atoms with E-state index < -0.39 is 0 Å². The molecule has 0 amide bonds. The van der Waals surface area contributed by atoms with Crippen LogP contribution in [0.2, 0.25) is 0 Å². The molecule has 0 saturated carbocycles. The second-order valence-corrected chi connectivity index (χ2v) is 3.70. The summed E-state index contributed by atoms with van der Waals surface area (Å²) in [4.78, 5) is 0. The summed E-state index contributed by atoms with van der Waals surface area (Å²) in [6.07, 6.45) is 9.43. The van der Waals surface area contributed by atoms with Gasteiger partial charge in [0.15, 0.2) is 0 Å². The molecule has 1 aromatic carbocycles. The predicted molar refractivity (Wildman–Crippen MR) is 62.4 cm³/mol. The number of benzene rings is 1. The summed E-state index contributed by atoms with van der Waals surface area (Å²) < 4.78 is 0. The van der Waals surface area contributed by atoms with Gasteiger partial charge in [-0.05, 0) is 23.6 Å². The molecule has 15 heavy (non-hydrogen) atoms. The molecule has 1 aromatic rings. The van der Waals surface area contributed by atoms with Gasteiger partial charge in [0.05, 0.1) is 5.70 Å². The Labute approximate surface area is 89.0 Å². The van der Waals surface area contributed by atoms with Crippen LogP contribution in [0.25, 0.3) is 11.8 Å². The fourth-order valence-corrected chi connectivity index (χ4v) is 2.01. The number of nitrogens with one attached hydrogen (secondary N) is 2. The zero-order valence-corrected chi connectivity index (χ0v) is 8.33. The number of hydrogen-bond donors (Lipinski definition) is 2. The zero-order chi connectivity index (χ0) is 10.1. The number of rotatable bonds is 0. The van der Waals surface area contributed by atoms with E-state index in [-0.39, 0.29) is 0 Å². The standard InChI is InChI=1S/C13H12N2/c1-2-7-12-10(4-1)5-3-6-11-8-9-14-15-13(11)12/h1-5,7-9,14-15H,6H2. The lowest BCUT2D eigenvalue weighted by molar-refractivity contribution is 0.777. The van der Waals surface area contributed by atoms with Gasteiger partial charge < -0.3 is 10.9 Å². The van der Waals surface area contributed by atoms with Crippen LogP contribution in [0.4, 0.5) is 0 Å². The Morgan fingerprint density at radius 3 is 3.00 bits per heavy atom. The van der Waals surface area contributed by atoms with Gasteiger partial charge in [0.2, 0.25) is 0 Å². The Balaban J connectivity index is 2.23. The Morgan fingerprint density at radius 2 is 2.00 bits per heavy atom. The minimum absolute atomic E-state index is 0.981. The lowest BCUT2D eigenvalue weighted by Gasteiger charge is -2.18. The van der Waals surface area contributed by atoms with Crippen LogP contribution in [-0.2, 0) is 0 Å². The number of hydrogen-bond acceptors (Lipinski definition) is 2. The smallest absolute Gasteiger partial charge is 0.0653 e. The van der Waals surface area contributed by atoms with E-state index in [2.05, 4.69) is 53.3 Å². The molecule has 2 heteroatoms. The van der Waals surface area contributed by atoms with Crippen molar-refractivity contribution >= 4 is 11.8 Å². The normalized spacial score (nSPS) is 17.3. The van der Waals surface area contributed by atoms with Crippen molar-refractivity contribution in [2.45, 2.75) is 6.42 Å². The van der Waals surface area contributed by atoms with E-state index in [1.807, 2.05) is 6.20 Å². The van der Waals surface area contributed by atoms with Crippen LogP contribution in [0.5, 0.6) is 0 Å². The fourth-order valence-electron chi connectivity index (χ4n) is 2.01. The number of allylic oxidation sites excluding steroid dienone is 3. The molecule has 0 aromatic heterocycles. The molecule has 0 saturated heterocycles. The number of hydrazine groups is 1. The van der Waals surface area contributed by atoms with Gasteiger partial charge in [-0.15, -0.1) is 0 Å². The van der Waals surface area contributed by atoms with Crippen LogP contribution in [-0.4, -0.2) is 0 Å². The molecule has 1 heterocycles. The first-order valence-electron chi connectivity index (χ1n) is 5.12. The van der Waals surface area contributed by atoms with E-state index >= 15 is 0 Å². The Hall–Kier alpha value is -1.96. The highest BCUT2D eigenvalue weighted by Crippen LogP contribution is 2.28. The Kier molecular flexibility index (Phi) is 1.85. The van der Waals surface area contributed by atoms with E-state index in [9.17, 15) is 0 Å². The lowest BCUT2D eigenvalue weighted by Crippen LogP contribution is -2.28. The van der Waals surface area contributed by atoms with Crippen LogP contribution >= 0.6 is 0 Å². The number of fused-ring (bicyclic) bond motifs is 2. The Bertz CT molecular complexity index is 481. The van der Waals surface area contributed by atoms with Crippen LogP contribution in [0, 0.1) is 0 Å². The summed E-state index contributed by atoms with van der Waals surface area (Å²) in [6.45, 7) is 0. The topological polar surface area (TPSA) is 24.1 Å². The average Bonchev–Trinajstić information content (AvgIpc) is 2.48. The molecule has 0 radical (unpaired) electrons. The molecule has 0 unspecified atom stereocenters. The molecule has 0 atom stereocenters. The largest absolute Gasteiger partial charge is 0.308 e. The van der Waals surface area contributed by atoms with Crippen molar-refractivity contribution in [3.63, 3.8) is 0 Å². The highest BCUT2D eigenvalue weighted by molar-refractivity contribution is 5.79. The van der Waals surface area contributed by atoms with Crippen molar-refractivity contribution in [3.05, 3.63) is 59.3 Å². The molecule has 1 aliphatic heterocycles. The van der Waals surface area contributed by atoms with Crippen molar-refractivity contribution in [1.82, 2.24) is 10.9 Å². The maximum Gasteiger partial charge on any atom is 0.0653 e. The van der Waals surface area contributed by atoms with Crippen LogP contribution in [0.15, 0.2) is 48.2 Å². The van der Waals surface area contributed by atoms with Gasteiger partial charge in [0, 0.05) is 11.8 Å². The van der Waals surface area contributed by atoms with Gasteiger partial charge in [-0.1, -0.05) is 36.4 Å². The summed E-state index contributed by atoms with van der Waals surface area (Å²) in [7, 11) is 0. The van der Waals surface area contributed by atoms with Crippen molar-refractivity contribution in [2.75, 3.05) is 0 Å². The molecular weight excluding hydrogens is 184 g/mol. The maximum atomic E-state index is 3.22. The van der Waals surface area contributed by atoms with Crippen LogP contribution in [0.3, 0.4) is 0 Å². The van der Waals surface area contributed by atoms with Crippen molar-refractivity contribution in [3.8, 4) is 0 Å². The summed E-state index contributed by atoms with van der Waals surface area (Å²) in [5.74, 6) is 0. The summed E-state index contributed by atoms with van der Waals surface area (Å²) in [5.41, 5.74) is 11.3. The molecular formula is C13H12N2. The van der Waals surface area contributed by atoms with Gasteiger partial charge >= 0.3 is 0 Å². The van der Waals surface area contributed by atoms with E-state index in [0.29, 0.717) is 0 Å². The summed E-state index contributed by atoms with van der Waals surface area (Å²) in [6, 6.07) is 8.43. The first kappa shape index (κ1) is 8.36. The average molecular weight is 196 g/mol. The van der Waals surface area contributed by atoms with Gasteiger partial charge in [0.25, 0.3) is 0 Å².